The standard InChI is InChI=1S/C23H25FN2O3/c1-2-26(15-17-7-5-9-19(24)13-17)22(27)16-29-23(28)12-6-8-18-14-25-21-11-4-3-10-20(18)21/h3-5,7,9-11,13-14,25H,2,6,8,12,15-16H2,1H3. The molecule has 1 aromatic heterocycles. The smallest absolute Gasteiger partial charge is 0.306 e. The molecule has 29 heavy (non-hydrogen) atoms. The van der Waals surface area contributed by atoms with Crippen LogP contribution in [0.3, 0.4) is 0 Å². The number of nitrogens with one attached hydrogen (secondary N) is 1. The molecule has 0 aliphatic heterocycles. The topological polar surface area (TPSA) is 62.4 Å². The molecule has 1 heterocycles. The minimum atomic E-state index is -0.389. The first-order valence-corrected chi connectivity index (χ1v) is 9.79. The lowest BCUT2D eigenvalue weighted by Gasteiger charge is -2.21. The summed E-state index contributed by atoms with van der Waals surface area (Å²) in [6.45, 7) is 2.27. The van der Waals surface area contributed by atoms with Gasteiger partial charge in [0.05, 0.1) is 0 Å². The number of rotatable bonds is 9. The van der Waals surface area contributed by atoms with Gasteiger partial charge in [-0.15, -0.1) is 0 Å². The zero-order chi connectivity index (χ0) is 20.6. The lowest BCUT2D eigenvalue weighted by molar-refractivity contribution is -0.152. The van der Waals surface area contributed by atoms with Gasteiger partial charge in [-0.1, -0.05) is 30.3 Å². The van der Waals surface area contributed by atoms with Crippen LogP contribution in [0.5, 0.6) is 0 Å². The number of ether oxygens (including phenoxy) is 1. The Balaban J connectivity index is 1.42. The van der Waals surface area contributed by atoms with Gasteiger partial charge >= 0.3 is 5.97 Å². The van der Waals surface area contributed by atoms with Gasteiger partial charge in [-0.05, 0) is 49.1 Å². The third-order valence-corrected chi connectivity index (χ3v) is 4.86. The molecule has 6 heteroatoms. The van der Waals surface area contributed by atoms with Gasteiger partial charge in [0.25, 0.3) is 5.91 Å². The molecule has 0 aliphatic carbocycles. The summed E-state index contributed by atoms with van der Waals surface area (Å²) in [6, 6.07) is 14.2. The normalized spacial score (nSPS) is 10.8. The van der Waals surface area contributed by atoms with Crippen molar-refractivity contribution in [3.8, 4) is 0 Å². The van der Waals surface area contributed by atoms with Crippen LogP contribution >= 0.6 is 0 Å². The van der Waals surface area contributed by atoms with Gasteiger partial charge < -0.3 is 14.6 Å². The van der Waals surface area contributed by atoms with Crippen LogP contribution in [-0.4, -0.2) is 34.9 Å². The molecule has 3 rings (SSSR count). The first-order valence-electron chi connectivity index (χ1n) is 9.79. The predicted molar refractivity (Wildman–Crippen MR) is 110 cm³/mol. The van der Waals surface area contributed by atoms with Crippen LogP contribution in [0, 0.1) is 5.82 Å². The SMILES string of the molecule is CCN(Cc1cccc(F)c1)C(=O)COC(=O)CCCc1c[nH]c2ccccc12. The molecule has 3 aromatic rings. The summed E-state index contributed by atoms with van der Waals surface area (Å²) in [4.78, 5) is 29.1. The lowest BCUT2D eigenvalue weighted by Crippen LogP contribution is -2.34. The number of H-pyrrole nitrogens is 1. The second-order valence-corrected chi connectivity index (χ2v) is 6.91. The molecule has 1 amide bonds. The van der Waals surface area contributed by atoms with Gasteiger partial charge in [-0.25, -0.2) is 4.39 Å². The number of carbonyl (C=O) groups excluding carboxylic acids is 2. The maximum atomic E-state index is 13.3. The number of nitrogens with zero attached hydrogens (tertiary/aromatic N) is 1. The van der Waals surface area contributed by atoms with Gasteiger partial charge in [0.1, 0.15) is 5.82 Å². The van der Waals surface area contributed by atoms with Crippen molar-refractivity contribution in [2.45, 2.75) is 32.7 Å². The van der Waals surface area contributed by atoms with Gasteiger partial charge in [-0.3, -0.25) is 9.59 Å². The van der Waals surface area contributed by atoms with E-state index in [1.165, 1.54) is 17.0 Å². The third kappa shape index (κ3) is 5.67. The van der Waals surface area contributed by atoms with Crippen LogP contribution in [-0.2, 0) is 27.3 Å². The van der Waals surface area contributed by atoms with Crippen molar-refractivity contribution in [1.29, 1.82) is 0 Å². The second-order valence-electron chi connectivity index (χ2n) is 6.91. The van der Waals surface area contributed by atoms with E-state index in [9.17, 15) is 14.0 Å². The fourth-order valence-corrected chi connectivity index (χ4v) is 3.30. The molecular formula is C23H25FN2O3. The molecule has 0 atom stereocenters. The van der Waals surface area contributed by atoms with Crippen molar-refractivity contribution in [3.63, 3.8) is 0 Å². The predicted octanol–water partition coefficient (Wildman–Crippen LogP) is 4.22. The minimum absolute atomic E-state index is 0.253. The molecule has 0 spiro atoms. The summed E-state index contributed by atoms with van der Waals surface area (Å²) >= 11 is 0. The summed E-state index contributed by atoms with van der Waals surface area (Å²) in [6.07, 6.45) is 3.62. The van der Waals surface area contributed by atoms with Crippen LogP contribution in [0.4, 0.5) is 4.39 Å². The first kappa shape index (κ1) is 20.6. The Bertz CT molecular complexity index is 983. The van der Waals surface area contributed by atoms with E-state index >= 15 is 0 Å². The van der Waals surface area contributed by atoms with E-state index < -0.39 is 0 Å². The monoisotopic (exact) mass is 396 g/mol. The molecule has 0 bridgehead atoms. The summed E-state index contributed by atoms with van der Waals surface area (Å²) in [5.41, 5.74) is 2.94. The summed E-state index contributed by atoms with van der Waals surface area (Å²) in [5.74, 6) is -1.02. The Hall–Kier alpha value is -3.15. The van der Waals surface area contributed by atoms with Crippen LogP contribution in [0.15, 0.2) is 54.7 Å². The molecular weight excluding hydrogens is 371 g/mol. The molecule has 0 saturated heterocycles. The number of carbonyl (C=O) groups is 2. The summed E-state index contributed by atoms with van der Waals surface area (Å²) < 4.78 is 18.5. The molecule has 0 saturated carbocycles. The van der Waals surface area contributed by atoms with Crippen molar-refractivity contribution in [1.82, 2.24) is 9.88 Å². The van der Waals surface area contributed by atoms with Gasteiger partial charge in [0.2, 0.25) is 0 Å². The van der Waals surface area contributed by atoms with Crippen molar-refractivity contribution in [2.75, 3.05) is 13.2 Å². The number of aromatic nitrogens is 1. The zero-order valence-corrected chi connectivity index (χ0v) is 16.5. The molecule has 0 unspecified atom stereocenters. The number of esters is 1. The second kappa shape index (κ2) is 9.87. The third-order valence-electron chi connectivity index (χ3n) is 4.86. The Kier molecular flexibility index (Phi) is 7.00. The van der Waals surface area contributed by atoms with E-state index in [1.807, 2.05) is 31.3 Å². The van der Waals surface area contributed by atoms with E-state index in [4.69, 9.17) is 4.74 Å². The van der Waals surface area contributed by atoms with Crippen LogP contribution in [0.25, 0.3) is 10.9 Å². The molecule has 1 N–H and O–H groups in total. The number of halogens is 1. The van der Waals surface area contributed by atoms with Gasteiger partial charge in [0, 0.05) is 36.6 Å². The molecule has 152 valence electrons. The van der Waals surface area contributed by atoms with Crippen LogP contribution in [0.1, 0.15) is 30.9 Å². The lowest BCUT2D eigenvalue weighted by atomic mass is 10.1. The molecule has 0 radical (unpaired) electrons. The average Bonchev–Trinajstić information content (AvgIpc) is 3.13. The highest BCUT2D eigenvalue weighted by molar-refractivity contribution is 5.83. The quantitative estimate of drug-likeness (QED) is 0.551. The number of amides is 1. The minimum Gasteiger partial charge on any atom is -0.456 e. The maximum Gasteiger partial charge on any atom is 0.306 e. The van der Waals surface area contributed by atoms with Crippen molar-refractivity contribution in [2.24, 2.45) is 0 Å². The van der Waals surface area contributed by atoms with Crippen LogP contribution < -0.4 is 0 Å². The molecule has 0 aliphatic rings. The fraction of sp³-hybridized carbons (Fsp3) is 0.304. The Morgan fingerprint density at radius 3 is 2.76 bits per heavy atom. The highest BCUT2D eigenvalue weighted by Crippen LogP contribution is 2.19. The number of aryl methyl sites for hydroxylation is 1. The van der Waals surface area contributed by atoms with Crippen molar-refractivity contribution < 1.29 is 18.7 Å². The number of fused-ring (bicyclic) bond motifs is 1. The number of hydrogen-bond donors (Lipinski definition) is 1. The Morgan fingerprint density at radius 1 is 1.14 bits per heavy atom. The number of aromatic amines is 1. The summed E-state index contributed by atoms with van der Waals surface area (Å²) in [5, 5.41) is 1.16. The first-order chi connectivity index (χ1) is 14.1. The average molecular weight is 396 g/mol. The Labute approximate surface area is 169 Å². The maximum absolute atomic E-state index is 13.3. The fourth-order valence-electron chi connectivity index (χ4n) is 3.30. The number of para-hydroxylation sites is 1. The molecule has 5 nitrogen and oxygen atoms in total. The van der Waals surface area contributed by atoms with E-state index in [1.54, 1.807) is 12.1 Å². The highest BCUT2D eigenvalue weighted by Gasteiger charge is 2.15. The number of benzene rings is 2. The van der Waals surface area contributed by atoms with E-state index in [0.29, 0.717) is 18.5 Å². The summed E-state index contributed by atoms with van der Waals surface area (Å²) in [7, 11) is 0. The van der Waals surface area contributed by atoms with E-state index in [0.717, 1.165) is 22.9 Å². The number of hydrogen-bond acceptors (Lipinski definition) is 3. The van der Waals surface area contributed by atoms with Crippen LogP contribution in [0.2, 0.25) is 0 Å². The number of likely N-dealkylation sites (N-methyl/N-ethyl adjacent to an activating group) is 1. The van der Waals surface area contributed by atoms with Gasteiger partial charge in [0.15, 0.2) is 6.61 Å². The van der Waals surface area contributed by atoms with E-state index in [-0.39, 0.29) is 37.3 Å². The molecule has 0 fully saturated rings. The highest BCUT2D eigenvalue weighted by atomic mass is 19.1. The molecule has 2 aromatic carbocycles. The van der Waals surface area contributed by atoms with E-state index in [2.05, 4.69) is 11.1 Å². The zero-order valence-electron chi connectivity index (χ0n) is 16.5. The van der Waals surface area contributed by atoms with Crippen molar-refractivity contribution >= 4 is 22.8 Å². The largest absolute Gasteiger partial charge is 0.456 e. The van der Waals surface area contributed by atoms with Gasteiger partial charge in [-0.2, -0.15) is 0 Å². The Morgan fingerprint density at radius 2 is 1.97 bits per heavy atom. The van der Waals surface area contributed by atoms with Crippen molar-refractivity contribution in [3.05, 3.63) is 71.7 Å².